The maximum atomic E-state index is 13.0. The van der Waals surface area contributed by atoms with E-state index in [1.165, 1.54) is 9.57 Å². The van der Waals surface area contributed by atoms with Crippen LogP contribution in [-0.4, -0.2) is 76.6 Å². The fraction of sp³-hybridized carbons (Fsp3) is 0.917. The standard InChI is InChI=1S/C12H25Cl2N4O4P/c1-3-16(4-2)12(19)18(20)11-5-10-22-23(21,15-11)17(8-6-13)9-7-14/h11,20H,3-10H2,1-2H3,(H,15,21). The summed E-state index contributed by atoms with van der Waals surface area (Å²) in [6, 6.07) is -0.540. The number of amides is 2. The van der Waals surface area contributed by atoms with Gasteiger partial charge in [0.05, 0.1) is 6.61 Å². The molecule has 0 radical (unpaired) electrons. The van der Waals surface area contributed by atoms with Crippen LogP contribution >= 0.6 is 30.9 Å². The average Bonchev–Trinajstić information content (AvgIpc) is 2.55. The summed E-state index contributed by atoms with van der Waals surface area (Å²) in [4.78, 5) is 13.7. The van der Waals surface area contributed by atoms with Gasteiger partial charge in [-0.3, -0.25) is 9.77 Å². The highest BCUT2D eigenvalue weighted by Crippen LogP contribution is 2.49. The summed E-state index contributed by atoms with van der Waals surface area (Å²) in [7, 11) is -3.41. The van der Waals surface area contributed by atoms with E-state index in [4.69, 9.17) is 27.7 Å². The molecule has 0 spiro atoms. The molecular formula is C12H25Cl2N4O4P. The molecule has 1 saturated heterocycles. The summed E-state index contributed by atoms with van der Waals surface area (Å²) in [5.74, 6) is 0.523. The Labute approximate surface area is 147 Å². The van der Waals surface area contributed by atoms with E-state index in [2.05, 4.69) is 5.09 Å². The van der Waals surface area contributed by atoms with E-state index < -0.39 is 19.9 Å². The Morgan fingerprint density at radius 3 is 2.35 bits per heavy atom. The van der Waals surface area contributed by atoms with Crippen LogP contribution in [0.1, 0.15) is 20.3 Å². The highest BCUT2D eigenvalue weighted by atomic mass is 35.5. The molecule has 2 N–H and O–H groups in total. The van der Waals surface area contributed by atoms with Gasteiger partial charge in [-0.15, -0.1) is 23.2 Å². The Morgan fingerprint density at radius 2 is 1.87 bits per heavy atom. The Bertz CT molecular complexity index is 422. The molecule has 8 nitrogen and oxygen atoms in total. The summed E-state index contributed by atoms with van der Waals surface area (Å²) in [6.07, 6.45) is -0.473. The number of rotatable bonds is 8. The molecule has 2 unspecified atom stereocenters. The predicted octanol–water partition coefficient (Wildman–Crippen LogP) is 2.36. The molecule has 0 aromatic carbocycles. The smallest absolute Gasteiger partial charge is 0.323 e. The van der Waals surface area contributed by atoms with Gasteiger partial charge in [0.2, 0.25) is 0 Å². The second-order valence-electron chi connectivity index (χ2n) is 4.92. The number of carbonyl (C=O) groups excluding carboxylic acids is 1. The minimum absolute atomic E-state index is 0.151. The molecule has 136 valence electrons. The molecule has 1 rings (SSSR count). The Kier molecular flexibility index (Phi) is 9.15. The van der Waals surface area contributed by atoms with Crippen LogP contribution in [0.3, 0.4) is 0 Å². The van der Waals surface area contributed by atoms with Crippen molar-refractivity contribution >= 4 is 36.9 Å². The molecular weight excluding hydrogens is 366 g/mol. The van der Waals surface area contributed by atoms with Crippen LogP contribution in [0.4, 0.5) is 4.79 Å². The van der Waals surface area contributed by atoms with Gasteiger partial charge in [0.15, 0.2) is 0 Å². The van der Waals surface area contributed by atoms with Crippen molar-refractivity contribution in [3.8, 4) is 0 Å². The molecule has 0 aromatic heterocycles. The third-order valence-electron chi connectivity index (χ3n) is 3.55. The Balaban J connectivity index is 2.83. The molecule has 11 heteroatoms. The lowest BCUT2D eigenvalue weighted by atomic mass is 10.3. The van der Waals surface area contributed by atoms with Crippen LogP contribution < -0.4 is 5.09 Å². The Morgan fingerprint density at radius 1 is 1.30 bits per heavy atom. The molecule has 0 aliphatic carbocycles. The van der Waals surface area contributed by atoms with Gasteiger partial charge in [-0.1, -0.05) is 0 Å². The third kappa shape index (κ3) is 5.46. The van der Waals surface area contributed by atoms with E-state index >= 15 is 0 Å². The number of halogens is 2. The zero-order valence-electron chi connectivity index (χ0n) is 13.5. The van der Waals surface area contributed by atoms with Crippen molar-refractivity contribution in [2.45, 2.75) is 26.4 Å². The lowest BCUT2D eigenvalue weighted by molar-refractivity contribution is -0.102. The van der Waals surface area contributed by atoms with Gasteiger partial charge in [0.1, 0.15) is 6.17 Å². The van der Waals surface area contributed by atoms with Crippen LogP contribution in [0.2, 0.25) is 0 Å². The summed E-state index contributed by atoms with van der Waals surface area (Å²) >= 11 is 11.5. The molecule has 0 aromatic rings. The van der Waals surface area contributed by atoms with E-state index in [9.17, 15) is 14.6 Å². The number of hydroxylamine groups is 2. The normalized spacial score (nSPS) is 24.7. The third-order valence-corrected chi connectivity index (χ3v) is 6.19. The van der Waals surface area contributed by atoms with E-state index in [1.54, 1.807) is 0 Å². The van der Waals surface area contributed by atoms with Gasteiger partial charge < -0.3 is 9.42 Å². The summed E-state index contributed by atoms with van der Waals surface area (Å²) < 4.78 is 19.9. The van der Waals surface area contributed by atoms with Gasteiger partial charge >= 0.3 is 13.7 Å². The summed E-state index contributed by atoms with van der Waals surface area (Å²) in [6.45, 7) is 5.37. The van der Waals surface area contributed by atoms with Crippen molar-refractivity contribution in [2.75, 3.05) is 44.5 Å². The van der Waals surface area contributed by atoms with Gasteiger partial charge in [0.25, 0.3) is 0 Å². The maximum absolute atomic E-state index is 13.0. The fourth-order valence-corrected chi connectivity index (χ4v) is 5.00. The first-order valence-corrected chi connectivity index (χ1v) is 10.2. The van der Waals surface area contributed by atoms with Gasteiger partial charge in [0, 0.05) is 44.4 Å². The highest BCUT2D eigenvalue weighted by Gasteiger charge is 2.40. The van der Waals surface area contributed by atoms with Crippen LogP contribution in [0, 0.1) is 0 Å². The molecule has 2 amide bonds. The maximum Gasteiger partial charge on any atom is 0.345 e. The molecule has 0 saturated carbocycles. The molecule has 2 atom stereocenters. The topological polar surface area (TPSA) is 85.4 Å². The van der Waals surface area contributed by atoms with Crippen LogP contribution in [0.5, 0.6) is 0 Å². The summed E-state index contributed by atoms with van der Waals surface area (Å²) in [5, 5.41) is 13.5. The molecule has 1 fully saturated rings. The molecule has 1 aliphatic heterocycles. The van der Waals surface area contributed by atoms with Crippen molar-refractivity contribution < 1.29 is 19.1 Å². The van der Waals surface area contributed by atoms with E-state index in [1.807, 2.05) is 13.8 Å². The quantitative estimate of drug-likeness (QED) is 0.286. The van der Waals surface area contributed by atoms with E-state index in [-0.39, 0.29) is 18.4 Å². The van der Waals surface area contributed by atoms with Gasteiger partial charge in [-0.05, 0) is 13.8 Å². The molecule has 1 heterocycles. The van der Waals surface area contributed by atoms with Crippen molar-refractivity contribution in [3.05, 3.63) is 0 Å². The summed E-state index contributed by atoms with van der Waals surface area (Å²) in [5.41, 5.74) is 0. The average molecular weight is 391 g/mol. The number of nitrogens with zero attached hydrogens (tertiary/aromatic N) is 3. The second kappa shape index (κ2) is 10.0. The number of hydrogen-bond donors (Lipinski definition) is 2. The van der Waals surface area contributed by atoms with E-state index in [0.717, 1.165) is 0 Å². The van der Waals surface area contributed by atoms with Crippen molar-refractivity contribution in [3.63, 3.8) is 0 Å². The van der Waals surface area contributed by atoms with Gasteiger partial charge in [-0.2, -0.15) is 5.06 Å². The molecule has 0 bridgehead atoms. The van der Waals surface area contributed by atoms with Crippen molar-refractivity contribution in [2.24, 2.45) is 0 Å². The number of urea groups is 1. The zero-order chi connectivity index (χ0) is 17.5. The van der Waals surface area contributed by atoms with Crippen molar-refractivity contribution in [1.29, 1.82) is 0 Å². The minimum Gasteiger partial charge on any atom is -0.323 e. The first-order valence-electron chi connectivity index (χ1n) is 7.60. The number of hydrogen-bond acceptors (Lipinski definition) is 4. The van der Waals surface area contributed by atoms with Crippen LogP contribution in [0.25, 0.3) is 0 Å². The monoisotopic (exact) mass is 390 g/mol. The zero-order valence-corrected chi connectivity index (χ0v) is 15.9. The van der Waals surface area contributed by atoms with Crippen molar-refractivity contribution in [1.82, 2.24) is 19.7 Å². The first-order chi connectivity index (χ1) is 10.9. The van der Waals surface area contributed by atoms with Crippen LogP contribution in [-0.2, 0) is 9.09 Å². The number of nitrogens with one attached hydrogen (secondary N) is 1. The number of alkyl halides is 2. The SMILES string of the molecule is CCN(CC)C(=O)N(O)C1CCOP(=O)(N(CCCl)CCCl)N1. The minimum atomic E-state index is -3.41. The fourth-order valence-electron chi connectivity index (χ4n) is 2.26. The lowest BCUT2D eigenvalue weighted by Gasteiger charge is -2.40. The lowest BCUT2D eigenvalue weighted by Crippen LogP contribution is -2.54. The van der Waals surface area contributed by atoms with Crippen LogP contribution in [0.15, 0.2) is 0 Å². The van der Waals surface area contributed by atoms with Gasteiger partial charge in [-0.25, -0.2) is 14.6 Å². The molecule has 1 aliphatic rings. The largest absolute Gasteiger partial charge is 0.345 e. The highest BCUT2D eigenvalue weighted by molar-refractivity contribution is 7.54. The number of carbonyl (C=O) groups is 1. The Hall–Kier alpha value is -0.0800. The van der Waals surface area contributed by atoms with E-state index in [0.29, 0.717) is 37.7 Å². The second-order valence-corrected chi connectivity index (χ2v) is 7.80. The first kappa shape index (κ1) is 21.0. The molecule has 23 heavy (non-hydrogen) atoms. The predicted molar refractivity (Wildman–Crippen MR) is 90.1 cm³/mol.